The molecule has 4 aliphatic carbocycles. The number of nitrogens with zero attached hydrogens (tertiary/aromatic N) is 4. The van der Waals surface area contributed by atoms with E-state index >= 15 is 0 Å². The van der Waals surface area contributed by atoms with Crippen molar-refractivity contribution in [3.63, 3.8) is 0 Å². The normalized spacial score (nSPS) is 28.5. The highest BCUT2D eigenvalue weighted by atomic mass is 16.5. The number of imidazole rings is 1. The zero-order valence-corrected chi connectivity index (χ0v) is 17.3. The standard InChI is InChI=1S/C24H25N5O2/c30-23(24-11-16-7-17(12-24)9-18(8-16)13-24)28-19-1-3-20(4-2-19)31-22-10-21(26-14-27-22)29-6-5-25-15-29/h1-6,10,14-18H,7-9,11-13H2,(H,28,30). The largest absolute Gasteiger partial charge is 0.439 e. The molecule has 1 amide bonds. The molecule has 7 nitrogen and oxygen atoms in total. The fraction of sp³-hybridized carbons (Fsp3) is 0.417. The molecule has 4 bridgehead atoms. The molecule has 3 aromatic rings. The molecule has 7 heteroatoms. The van der Waals surface area contributed by atoms with E-state index in [1.807, 2.05) is 30.5 Å². The Bertz CT molecular complexity index is 1060. The van der Waals surface area contributed by atoms with Gasteiger partial charge >= 0.3 is 0 Å². The van der Waals surface area contributed by atoms with E-state index in [4.69, 9.17) is 4.74 Å². The first-order valence-corrected chi connectivity index (χ1v) is 11.0. The van der Waals surface area contributed by atoms with Crippen LogP contribution < -0.4 is 10.1 Å². The van der Waals surface area contributed by atoms with Crippen LogP contribution in [0.1, 0.15) is 38.5 Å². The molecular weight excluding hydrogens is 390 g/mol. The predicted molar refractivity (Wildman–Crippen MR) is 115 cm³/mol. The average molecular weight is 415 g/mol. The van der Waals surface area contributed by atoms with Crippen molar-refractivity contribution in [2.75, 3.05) is 5.32 Å². The van der Waals surface area contributed by atoms with E-state index in [-0.39, 0.29) is 11.3 Å². The molecule has 0 saturated heterocycles. The molecule has 4 saturated carbocycles. The van der Waals surface area contributed by atoms with Gasteiger partial charge in [0.05, 0.1) is 5.41 Å². The van der Waals surface area contributed by atoms with Gasteiger partial charge in [0, 0.05) is 24.1 Å². The lowest BCUT2D eigenvalue weighted by Gasteiger charge is -2.55. The number of ether oxygens (including phenoxy) is 1. The molecule has 158 valence electrons. The molecule has 1 N–H and O–H groups in total. The van der Waals surface area contributed by atoms with Crippen molar-refractivity contribution >= 4 is 11.6 Å². The van der Waals surface area contributed by atoms with Crippen LogP contribution in [-0.4, -0.2) is 25.4 Å². The number of carbonyl (C=O) groups excluding carboxylic acids is 1. The molecule has 0 aliphatic heterocycles. The van der Waals surface area contributed by atoms with Crippen molar-refractivity contribution in [2.24, 2.45) is 23.2 Å². The van der Waals surface area contributed by atoms with Crippen LogP contribution in [0.5, 0.6) is 11.6 Å². The molecule has 0 unspecified atom stereocenters. The Hall–Kier alpha value is -3.22. The lowest BCUT2D eigenvalue weighted by Crippen LogP contribution is -2.51. The van der Waals surface area contributed by atoms with Crippen LogP contribution >= 0.6 is 0 Å². The first kappa shape index (κ1) is 18.5. The Balaban J connectivity index is 1.13. The maximum absolute atomic E-state index is 13.2. The summed E-state index contributed by atoms with van der Waals surface area (Å²) in [5.74, 6) is 4.27. The van der Waals surface area contributed by atoms with Crippen LogP contribution in [0, 0.1) is 23.2 Å². The number of amides is 1. The lowest BCUT2D eigenvalue weighted by molar-refractivity contribution is -0.140. The Morgan fingerprint density at radius 3 is 2.39 bits per heavy atom. The fourth-order valence-electron chi connectivity index (χ4n) is 6.30. The first-order chi connectivity index (χ1) is 15.1. The van der Waals surface area contributed by atoms with Gasteiger partial charge in [0.15, 0.2) is 0 Å². The first-order valence-electron chi connectivity index (χ1n) is 11.0. The highest BCUT2D eigenvalue weighted by Gasteiger charge is 2.54. The van der Waals surface area contributed by atoms with Gasteiger partial charge in [0.1, 0.15) is 24.2 Å². The van der Waals surface area contributed by atoms with Crippen molar-refractivity contribution in [3.05, 3.63) is 55.4 Å². The third-order valence-electron chi connectivity index (χ3n) is 7.25. The number of hydrogen-bond donors (Lipinski definition) is 1. The molecule has 1 aromatic carbocycles. The van der Waals surface area contributed by atoms with E-state index < -0.39 is 0 Å². The Labute approximate surface area is 180 Å². The summed E-state index contributed by atoms with van der Waals surface area (Å²) in [7, 11) is 0. The maximum atomic E-state index is 13.2. The smallest absolute Gasteiger partial charge is 0.230 e. The zero-order chi connectivity index (χ0) is 20.8. The van der Waals surface area contributed by atoms with Gasteiger partial charge in [0.2, 0.25) is 11.8 Å². The van der Waals surface area contributed by atoms with Gasteiger partial charge in [-0.05, 0) is 80.5 Å². The fourth-order valence-corrected chi connectivity index (χ4v) is 6.30. The van der Waals surface area contributed by atoms with Crippen LogP contribution in [-0.2, 0) is 4.79 Å². The van der Waals surface area contributed by atoms with E-state index in [2.05, 4.69) is 20.3 Å². The number of carbonyl (C=O) groups is 1. The molecule has 7 rings (SSSR count). The number of hydrogen-bond acceptors (Lipinski definition) is 5. The van der Waals surface area contributed by atoms with Gasteiger partial charge in [-0.15, -0.1) is 0 Å². The summed E-state index contributed by atoms with van der Waals surface area (Å²) in [5.41, 5.74) is 0.670. The van der Waals surface area contributed by atoms with Crippen molar-refractivity contribution < 1.29 is 9.53 Å². The summed E-state index contributed by atoms with van der Waals surface area (Å²) in [4.78, 5) is 25.7. The van der Waals surface area contributed by atoms with E-state index in [9.17, 15) is 4.79 Å². The van der Waals surface area contributed by atoms with Gasteiger partial charge in [0.25, 0.3) is 0 Å². The third-order valence-corrected chi connectivity index (χ3v) is 7.25. The van der Waals surface area contributed by atoms with Crippen LogP contribution in [0.2, 0.25) is 0 Å². The number of aromatic nitrogens is 4. The van der Waals surface area contributed by atoms with Crippen molar-refractivity contribution in [3.8, 4) is 17.4 Å². The summed E-state index contributed by atoms with van der Waals surface area (Å²) < 4.78 is 7.67. The minimum atomic E-state index is -0.144. The molecule has 4 aliphatic rings. The predicted octanol–water partition coefficient (Wildman–Crippen LogP) is 4.61. The van der Waals surface area contributed by atoms with Gasteiger partial charge in [-0.25, -0.2) is 15.0 Å². The lowest BCUT2D eigenvalue weighted by atomic mass is 9.49. The molecule has 0 atom stereocenters. The van der Waals surface area contributed by atoms with E-state index in [0.29, 0.717) is 17.4 Å². The monoisotopic (exact) mass is 415 g/mol. The highest BCUT2D eigenvalue weighted by molar-refractivity contribution is 5.95. The number of rotatable bonds is 5. The zero-order valence-electron chi connectivity index (χ0n) is 17.3. The van der Waals surface area contributed by atoms with Gasteiger partial charge in [-0.2, -0.15) is 0 Å². The van der Waals surface area contributed by atoms with Crippen LogP contribution in [0.15, 0.2) is 55.4 Å². The topological polar surface area (TPSA) is 81.9 Å². The van der Waals surface area contributed by atoms with Crippen LogP contribution in [0.4, 0.5) is 5.69 Å². The second kappa shape index (κ2) is 7.18. The molecule has 0 radical (unpaired) electrons. The second-order valence-electron chi connectivity index (χ2n) is 9.46. The Kier molecular flexibility index (Phi) is 4.30. The number of nitrogens with one attached hydrogen (secondary N) is 1. The van der Waals surface area contributed by atoms with E-state index in [1.54, 1.807) is 23.2 Å². The van der Waals surface area contributed by atoms with Crippen molar-refractivity contribution in [1.82, 2.24) is 19.5 Å². The Morgan fingerprint density at radius 2 is 1.74 bits per heavy atom. The minimum absolute atomic E-state index is 0.144. The SMILES string of the molecule is O=C(Nc1ccc(Oc2cc(-n3ccnc3)ncn2)cc1)C12CC3CC(CC(C3)C1)C2. The van der Waals surface area contributed by atoms with Gasteiger partial charge in [-0.3, -0.25) is 9.36 Å². The van der Waals surface area contributed by atoms with Crippen LogP contribution in [0.25, 0.3) is 5.82 Å². The number of benzene rings is 1. The van der Waals surface area contributed by atoms with Crippen molar-refractivity contribution in [1.29, 1.82) is 0 Å². The minimum Gasteiger partial charge on any atom is -0.439 e. The molecule has 0 spiro atoms. The summed E-state index contributed by atoms with van der Waals surface area (Å²) in [6.07, 6.45) is 13.9. The highest BCUT2D eigenvalue weighted by Crippen LogP contribution is 2.60. The summed E-state index contributed by atoms with van der Waals surface area (Å²) in [6.45, 7) is 0. The number of anilines is 1. The van der Waals surface area contributed by atoms with Gasteiger partial charge in [-0.1, -0.05) is 0 Å². The van der Waals surface area contributed by atoms with Crippen LogP contribution in [0.3, 0.4) is 0 Å². The van der Waals surface area contributed by atoms with E-state index in [1.165, 1.54) is 25.6 Å². The third kappa shape index (κ3) is 3.48. The quantitative estimate of drug-likeness (QED) is 0.658. The maximum Gasteiger partial charge on any atom is 0.230 e. The van der Waals surface area contributed by atoms with E-state index in [0.717, 1.165) is 42.7 Å². The average Bonchev–Trinajstić information content (AvgIpc) is 3.29. The molecule has 31 heavy (non-hydrogen) atoms. The Morgan fingerprint density at radius 1 is 1.03 bits per heavy atom. The molecule has 4 fully saturated rings. The summed E-state index contributed by atoms with van der Waals surface area (Å²) in [5, 5.41) is 3.19. The molecule has 2 aromatic heterocycles. The molecular formula is C24H25N5O2. The van der Waals surface area contributed by atoms with Crippen molar-refractivity contribution in [2.45, 2.75) is 38.5 Å². The summed E-state index contributed by atoms with van der Waals surface area (Å²) in [6, 6.07) is 9.25. The molecule has 2 heterocycles. The van der Waals surface area contributed by atoms with Gasteiger partial charge < -0.3 is 10.1 Å². The summed E-state index contributed by atoms with van der Waals surface area (Å²) >= 11 is 0. The second-order valence-corrected chi connectivity index (χ2v) is 9.46.